The third-order valence-electron chi connectivity index (χ3n) is 1.66. The van der Waals surface area contributed by atoms with Crippen LogP contribution in [0.5, 0.6) is 0 Å². The van der Waals surface area contributed by atoms with Gasteiger partial charge in [-0.15, -0.1) is 0 Å². The largest absolute Gasteiger partial charge is 0.368 e. The normalized spacial score (nSPS) is 10.2. The molecule has 72 valence electrons. The minimum absolute atomic E-state index is 0.201. The van der Waals surface area contributed by atoms with Crippen LogP contribution in [0.15, 0.2) is 12.5 Å². The number of rotatable bonds is 5. The number of nitrogens with zero attached hydrogens (tertiary/aromatic N) is 2. The monoisotopic (exact) mass is 182 g/mol. The molecule has 1 heterocycles. The molecule has 1 aromatic heterocycles. The molecule has 3 N–H and O–H groups in total. The van der Waals surface area contributed by atoms with Crippen molar-refractivity contribution in [3.63, 3.8) is 0 Å². The number of hydrogen-bond acceptors (Lipinski definition) is 3. The minimum atomic E-state index is -0.349. The molecule has 0 aliphatic heterocycles. The number of nitrogens with one attached hydrogen (secondary N) is 1. The molecule has 0 aliphatic rings. The van der Waals surface area contributed by atoms with Crippen LogP contribution in [0, 0.1) is 0 Å². The minimum Gasteiger partial charge on any atom is -0.368 e. The Hall–Kier alpha value is -1.36. The molecular formula is C8H14N4O. The van der Waals surface area contributed by atoms with Crippen LogP contribution in [0.1, 0.15) is 5.69 Å². The molecule has 0 spiro atoms. The second-order valence-corrected chi connectivity index (χ2v) is 2.86. The summed E-state index contributed by atoms with van der Waals surface area (Å²) in [6.07, 6.45) is 4.32. The van der Waals surface area contributed by atoms with Gasteiger partial charge in [0.05, 0.1) is 12.0 Å². The van der Waals surface area contributed by atoms with E-state index in [4.69, 9.17) is 5.73 Å². The van der Waals surface area contributed by atoms with Crippen molar-refractivity contribution in [2.75, 3.05) is 13.6 Å². The van der Waals surface area contributed by atoms with Crippen molar-refractivity contribution in [2.24, 2.45) is 5.73 Å². The summed E-state index contributed by atoms with van der Waals surface area (Å²) >= 11 is 0. The van der Waals surface area contributed by atoms with E-state index >= 15 is 0 Å². The summed E-state index contributed by atoms with van der Waals surface area (Å²) in [7, 11) is 1.89. The summed E-state index contributed by atoms with van der Waals surface area (Å²) in [5.41, 5.74) is 6.00. The highest BCUT2D eigenvalue weighted by molar-refractivity contribution is 5.73. The number of hydrogen-bond donors (Lipinski definition) is 2. The van der Waals surface area contributed by atoms with Crippen molar-refractivity contribution < 1.29 is 4.79 Å². The van der Waals surface area contributed by atoms with Gasteiger partial charge in [-0.3, -0.25) is 4.79 Å². The molecule has 0 saturated heterocycles. The maximum Gasteiger partial charge on any atom is 0.237 e. The lowest BCUT2D eigenvalue weighted by atomic mass is 10.3. The Morgan fingerprint density at radius 2 is 2.54 bits per heavy atom. The number of primary amides is 1. The third kappa shape index (κ3) is 3.25. The molecule has 0 bridgehead atoms. The lowest BCUT2D eigenvalue weighted by Crippen LogP contribution is -2.17. The van der Waals surface area contributed by atoms with E-state index in [-0.39, 0.29) is 12.5 Å². The Morgan fingerprint density at radius 1 is 1.77 bits per heavy atom. The lowest BCUT2D eigenvalue weighted by Gasteiger charge is -1.95. The molecule has 0 unspecified atom stereocenters. The number of carbonyl (C=O) groups excluding carboxylic acids is 1. The molecule has 0 atom stereocenters. The smallest absolute Gasteiger partial charge is 0.237 e. The van der Waals surface area contributed by atoms with E-state index in [0.717, 1.165) is 18.7 Å². The summed E-state index contributed by atoms with van der Waals surface area (Å²) < 4.78 is 1.69. The highest BCUT2D eigenvalue weighted by atomic mass is 16.1. The Kier molecular flexibility index (Phi) is 3.45. The number of likely N-dealkylation sites (N-methyl/N-ethyl adjacent to an activating group) is 1. The first-order valence-electron chi connectivity index (χ1n) is 4.16. The van der Waals surface area contributed by atoms with Crippen molar-refractivity contribution in [2.45, 2.75) is 13.0 Å². The molecule has 0 radical (unpaired) electrons. The highest BCUT2D eigenvalue weighted by Crippen LogP contribution is 1.96. The zero-order valence-electron chi connectivity index (χ0n) is 7.66. The van der Waals surface area contributed by atoms with Crippen LogP contribution in [-0.2, 0) is 17.8 Å². The Balaban J connectivity index is 2.48. The fraction of sp³-hybridized carbons (Fsp3) is 0.500. The van der Waals surface area contributed by atoms with Gasteiger partial charge in [-0.05, 0) is 7.05 Å². The summed E-state index contributed by atoms with van der Waals surface area (Å²) in [6.45, 7) is 1.08. The van der Waals surface area contributed by atoms with E-state index in [9.17, 15) is 4.79 Å². The van der Waals surface area contributed by atoms with Crippen molar-refractivity contribution in [3.05, 3.63) is 18.2 Å². The van der Waals surface area contributed by atoms with E-state index < -0.39 is 0 Å². The van der Waals surface area contributed by atoms with Gasteiger partial charge in [-0.25, -0.2) is 4.98 Å². The maximum absolute atomic E-state index is 10.6. The SMILES string of the molecule is CNCCc1cn(CC(N)=O)cn1. The first kappa shape index (κ1) is 9.73. The van der Waals surface area contributed by atoms with Crippen LogP contribution >= 0.6 is 0 Å². The van der Waals surface area contributed by atoms with Crippen molar-refractivity contribution in [1.82, 2.24) is 14.9 Å². The molecule has 0 fully saturated rings. The van der Waals surface area contributed by atoms with Crippen LogP contribution in [0.3, 0.4) is 0 Å². The molecule has 5 nitrogen and oxygen atoms in total. The predicted molar refractivity (Wildman–Crippen MR) is 49.1 cm³/mol. The summed E-state index contributed by atoms with van der Waals surface area (Å²) in [5.74, 6) is -0.349. The quantitative estimate of drug-likeness (QED) is 0.621. The topological polar surface area (TPSA) is 72.9 Å². The van der Waals surface area contributed by atoms with Gasteiger partial charge in [0.1, 0.15) is 6.54 Å². The maximum atomic E-state index is 10.6. The Labute approximate surface area is 76.9 Å². The van der Waals surface area contributed by atoms with Crippen molar-refractivity contribution in [1.29, 1.82) is 0 Å². The zero-order chi connectivity index (χ0) is 9.68. The average Bonchev–Trinajstić information content (AvgIpc) is 2.48. The standard InChI is InChI=1S/C8H14N4O/c1-10-3-2-7-4-12(6-11-7)5-8(9)13/h4,6,10H,2-3,5H2,1H3,(H2,9,13). The van der Waals surface area contributed by atoms with Gasteiger partial charge >= 0.3 is 0 Å². The Bertz CT molecular complexity index is 281. The van der Waals surface area contributed by atoms with Gasteiger partial charge in [0.2, 0.25) is 5.91 Å². The molecule has 1 amide bonds. The second-order valence-electron chi connectivity index (χ2n) is 2.86. The molecule has 5 heteroatoms. The predicted octanol–water partition coefficient (Wildman–Crippen LogP) is -0.870. The second kappa shape index (κ2) is 4.61. The van der Waals surface area contributed by atoms with E-state index in [1.165, 1.54) is 0 Å². The van der Waals surface area contributed by atoms with Crippen LogP contribution in [0.2, 0.25) is 0 Å². The number of amides is 1. The van der Waals surface area contributed by atoms with E-state index in [1.54, 1.807) is 10.9 Å². The van der Waals surface area contributed by atoms with Gasteiger partial charge in [-0.1, -0.05) is 0 Å². The average molecular weight is 182 g/mol. The summed E-state index contributed by atoms with van der Waals surface area (Å²) in [4.78, 5) is 14.7. The van der Waals surface area contributed by atoms with E-state index in [0.29, 0.717) is 0 Å². The fourth-order valence-corrected chi connectivity index (χ4v) is 1.05. The number of carbonyl (C=O) groups is 1. The molecule has 0 aromatic carbocycles. The molecule has 13 heavy (non-hydrogen) atoms. The molecule has 1 aromatic rings. The number of nitrogens with two attached hydrogens (primary N) is 1. The molecule has 1 rings (SSSR count). The lowest BCUT2D eigenvalue weighted by molar-refractivity contribution is -0.118. The van der Waals surface area contributed by atoms with Crippen molar-refractivity contribution in [3.8, 4) is 0 Å². The first-order valence-corrected chi connectivity index (χ1v) is 4.16. The number of imidazole rings is 1. The summed E-state index contributed by atoms with van der Waals surface area (Å²) in [6, 6.07) is 0. The van der Waals surface area contributed by atoms with E-state index in [1.807, 2.05) is 13.2 Å². The summed E-state index contributed by atoms with van der Waals surface area (Å²) in [5, 5.41) is 3.03. The molecule has 0 saturated carbocycles. The van der Waals surface area contributed by atoms with Gasteiger partial charge in [0.15, 0.2) is 0 Å². The third-order valence-corrected chi connectivity index (χ3v) is 1.66. The van der Waals surface area contributed by atoms with Gasteiger partial charge in [-0.2, -0.15) is 0 Å². The van der Waals surface area contributed by atoms with Crippen LogP contribution in [0.4, 0.5) is 0 Å². The molecular weight excluding hydrogens is 168 g/mol. The van der Waals surface area contributed by atoms with Crippen molar-refractivity contribution >= 4 is 5.91 Å². The number of aromatic nitrogens is 2. The van der Waals surface area contributed by atoms with E-state index in [2.05, 4.69) is 10.3 Å². The van der Waals surface area contributed by atoms with Gasteiger partial charge in [0, 0.05) is 19.2 Å². The first-order chi connectivity index (χ1) is 6.22. The fourth-order valence-electron chi connectivity index (χ4n) is 1.05. The Morgan fingerprint density at radius 3 is 3.15 bits per heavy atom. The van der Waals surface area contributed by atoms with Crippen LogP contribution in [0.25, 0.3) is 0 Å². The van der Waals surface area contributed by atoms with Crippen LogP contribution in [-0.4, -0.2) is 29.1 Å². The van der Waals surface area contributed by atoms with Gasteiger partial charge in [0.25, 0.3) is 0 Å². The molecule has 0 aliphatic carbocycles. The highest BCUT2D eigenvalue weighted by Gasteiger charge is 1.99. The van der Waals surface area contributed by atoms with Crippen LogP contribution < -0.4 is 11.1 Å². The van der Waals surface area contributed by atoms with Gasteiger partial charge < -0.3 is 15.6 Å². The zero-order valence-corrected chi connectivity index (χ0v) is 7.66.